The number of fused-ring (bicyclic) bond motifs is 1. The zero-order chi connectivity index (χ0) is 20.6. The molecule has 0 aliphatic carbocycles. The molecule has 0 spiro atoms. The van der Waals surface area contributed by atoms with Gasteiger partial charge in [0, 0.05) is 5.56 Å². The van der Waals surface area contributed by atoms with E-state index < -0.39 is 0 Å². The Morgan fingerprint density at radius 3 is 2.50 bits per heavy atom. The summed E-state index contributed by atoms with van der Waals surface area (Å²) in [4.78, 5) is 8.20. The Bertz CT molecular complexity index is 1180. The summed E-state index contributed by atoms with van der Waals surface area (Å²) < 4.78 is 6.03. The van der Waals surface area contributed by atoms with Crippen molar-refractivity contribution in [3.63, 3.8) is 0 Å². The van der Waals surface area contributed by atoms with Crippen molar-refractivity contribution in [3.8, 4) is 17.1 Å². The number of hydrogen-bond acceptors (Lipinski definition) is 2. The first-order chi connectivity index (χ1) is 13.8. The van der Waals surface area contributed by atoms with Crippen LogP contribution in [-0.2, 0) is 12.0 Å². The molecule has 5 heteroatoms. The molecule has 0 saturated heterocycles. The van der Waals surface area contributed by atoms with Gasteiger partial charge in [-0.1, -0.05) is 62.7 Å². The lowest BCUT2D eigenvalue weighted by molar-refractivity contribution is 0.306. The number of rotatable bonds is 4. The van der Waals surface area contributed by atoms with Gasteiger partial charge in [-0.15, -0.1) is 12.4 Å². The molecule has 0 amide bonds. The minimum atomic E-state index is 0. The zero-order valence-electron chi connectivity index (χ0n) is 17.6. The van der Waals surface area contributed by atoms with E-state index in [0.29, 0.717) is 17.4 Å². The minimum absolute atomic E-state index is 0. The second-order valence-electron chi connectivity index (χ2n) is 8.43. The molecule has 3 aromatic carbocycles. The predicted octanol–water partition coefficient (Wildman–Crippen LogP) is 7.49. The standard InChI is InChI=1S/C25H25ClN2O.ClH/c1-16-7-5-6-8-18(16)15-29-23-13-17(9-11-20(23)26)24-27-21-12-10-19(25(2,3)4)14-22(21)28-24;/h5-14H,15H2,1-4H3,(H,27,28);1H. The Hall–Kier alpha value is -2.49. The summed E-state index contributed by atoms with van der Waals surface area (Å²) in [5.41, 5.74) is 6.64. The van der Waals surface area contributed by atoms with Crippen LogP contribution in [-0.4, -0.2) is 9.97 Å². The summed E-state index contributed by atoms with van der Waals surface area (Å²) in [6.45, 7) is 9.19. The van der Waals surface area contributed by atoms with Crippen LogP contribution in [0.4, 0.5) is 0 Å². The summed E-state index contributed by atoms with van der Waals surface area (Å²) in [5.74, 6) is 1.46. The Balaban J connectivity index is 0.00000256. The largest absolute Gasteiger partial charge is 0.487 e. The fraction of sp³-hybridized carbons (Fsp3) is 0.240. The van der Waals surface area contributed by atoms with Crippen LogP contribution in [0.5, 0.6) is 5.75 Å². The van der Waals surface area contributed by atoms with E-state index in [1.54, 1.807) is 0 Å². The van der Waals surface area contributed by atoms with Crippen LogP contribution in [0.2, 0.25) is 5.02 Å². The SMILES string of the molecule is Cc1ccccc1COc1cc(-c2nc3ccc(C(C)(C)C)cc3[nH]2)ccc1Cl.Cl. The van der Waals surface area contributed by atoms with E-state index in [4.69, 9.17) is 21.3 Å². The highest BCUT2D eigenvalue weighted by atomic mass is 35.5. The molecule has 0 aliphatic rings. The Morgan fingerprint density at radius 1 is 1.00 bits per heavy atom. The number of hydrogen-bond donors (Lipinski definition) is 1. The molecule has 0 fully saturated rings. The second kappa shape index (κ2) is 8.71. The molecule has 0 atom stereocenters. The van der Waals surface area contributed by atoms with Gasteiger partial charge in [0.1, 0.15) is 18.2 Å². The molecule has 30 heavy (non-hydrogen) atoms. The monoisotopic (exact) mass is 440 g/mol. The maximum absolute atomic E-state index is 6.38. The van der Waals surface area contributed by atoms with Crippen LogP contribution in [0.25, 0.3) is 22.4 Å². The molecule has 0 bridgehead atoms. The van der Waals surface area contributed by atoms with E-state index in [1.165, 1.54) is 11.1 Å². The average Bonchev–Trinajstić information content (AvgIpc) is 3.11. The van der Waals surface area contributed by atoms with Crippen molar-refractivity contribution >= 4 is 35.0 Å². The number of halogens is 2. The van der Waals surface area contributed by atoms with Crippen LogP contribution < -0.4 is 4.74 Å². The van der Waals surface area contributed by atoms with E-state index in [1.807, 2.05) is 30.3 Å². The van der Waals surface area contributed by atoms with Crippen LogP contribution in [0.15, 0.2) is 60.7 Å². The fourth-order valence-corrected chi connectivity index (χ4v) is 3.47. The molecule has 0 unspecified atom stereocenters. The van der Waals surface area contributed by atoms with E-state index in [9.17, 15) is 0 Å². The normalized spacial score (nSPS) is 11.4. The molecule has 4 aromatic rings. The van der Waals surface area contributed by atoms with Gasteiger partial charge in [-0.05, 0) is 59.4 Å². The predicted molar refractivity (Wildman–Crippen MR) is 128 cm³/mol. The summed E-state index contributed by atoms with van der Waals surface area (Å²) >= 11 is 6.38. The highest BCUT2D eigenvalue weighted by molar-refractivity contribution is 6.32. The molecule has 1 N–H and O–H groups in total. The van der Waals surface area contributed by atoms with Crippen LogP contribution in [0.1, 0.15) is 37.5 Å². The number of aromatic nitrogens is 2. The number of aryl methyl sites for hydroxylation is 1. The molecule has 0 aliphatic heterocycles. The van der Waals surface area contributed by atoms with Crippen molar-refractivity contribution in [2.45, 2.75) is 39.7 Å². The molecule has 156 valence electrons. The molecule has 0 saturated carbocycles. The summed E-state index contributed by atoms with van der Waals surface area (Å²) in [6, 6.07) is 20.4. The molecule has 0 radical (unpaired) electrons. The van der Waals surface area contributed by atoms with Gasteiger partial charge < -0.3 is 9.72 Å². The molecule has 3 nitrogen and oxygen atoms in total. The van der Waals surface area contributed by atoms with Gasteiger partial charge in [0.2, 0.25) is 0 Å². The quantitative estimate of drug-likeness (QED) is 0.356. The highest BCUT2D eigenvalue weighted by Crippen LogP contribution is 2.32. The van der Waals surface area contributed by atoms with Gasteiger partial charge in [0.05, 0.1) is 16.1 Å². The lowest BCUT2D eigenvalue weighted by atomic mass is 9.87. The van der Waals surface area contributed by atoms with Gasteiger partial charge in [-0.2, -0.15) is 0 Å². The Labute approximate surface area is 188 Å². The van der Waals surface area contributed by atoms with E-state index in [-0.39, 0.29) is 17.8 Å². The fourth-order valence-electron chi connectivity index (χ4n) is 3.30. The number of aromatic amines is 1. The number of benzene rings is 3. The first-order valence-corrected chi connectivity index (χ1v) is 10.2. The molecular formula is C25H26Cl2N2O. The topological polar surface area (TPSA) is 37.9 Å². The number of ether oxygens (including phenoxy) is 1. The van der Waals surface area contributed by atoms with Crippen molar-refractivity contribution < 1.29 is 4.74 Å². The third-order valence-corrected chi connectivity index (χ3v) is 5.51. The van der Waals surface area contributed by atoms with E-state index in [0.717, 1.165) is 28.0 Å². The minimum Gasteiger partial charge on any atom is -0.487 e. The maximum atomic E-state index is 6.38. The summed E-state index contributed by atoms with van der Waals surface area (Å²) in [5, 5.41) is 0.591. The highest BCUT2D eigenvalue weighted by Gasteiger charge is 2.16. The number of H-pyrrole nitrogens is 1. The average molecular weight is 441 g/mol. The van der Waals surface area contributed by atoms with Crippen molar-refractivity contribution in [2.24, 2.45) is 0 Å². The van der Waals surface area contributed by atoms with Crippen molar-refractivity contribution in [2.75, 3.05) is 0 Å². The van der Waals surface area contributed by atoms with E-state index >= 15 is 0 Å². The van der Waals surface area contributed by atoms with Gasteiger partial charge >= 0.3 is 0 Å². The van der Waals surface area contributed by atoms with Crippen molar-refractivity contribution in [1.29, 1.82) is 0 Å². The van der Waals surface area contributed by atoms with Crippen LogP contribution in [0, 0.1) is 6.92 Å². The third-order valence-electron chi connectivity index (χ3n) is 5.20. The van der Waals surface area contributed by atoms with E-state index in [2.05, 4.69) is 63.0 Å². The lowest BCUT2D eigenvalue weighted by Gasteiger charge is -2.18. The van der Waals surface area contributed by atoms with Crippen LogP contribution in [0.3, 0.4) is 0 Å². The maximum Gasteiger partial charge on any atom is 0.139 e. The third kappa shape index (κ3) is 4.63. The van der Waals surface area contributed by atoms with Crippen molar-refractivity contribution in [3.05, 3.63) is 82.4 Å². The number of imidazole rings is 1. The summed E-state index contributed by atoms with van der Waals surface area (Å²) in [6.07, 6.45) is 0. The number of nitrogens with zero attached hydrogens (tertiary/aromatic N) is 1. The molecule has 1 heterocycles. The first kappa shape index (κ1) is 22.2. The molecule has 1 aromatic heterocycles. The van der Waals surface area contributed by atoms with Crippen molar-refractivity contribution in [1.82, 2.24) is 9.97 Å². The Morgan fingerprint density at radius 2 is 1.77 bits per heavy atom. The van der Waals surface area contributed by atoms with Gasteiger partial charge in [-0.25, -0.2) is 4.98 Å². The number of nitrogens with one attached hydrogen (secondary N) is 1. The van der Waals surface area contributed by atoms with Gasteiger partial charge in [0.25, 0.3) is 0 Å². The van der Waals surface area contributed by atoms with Crippen LogP contribution >= 0.6 is 24.0 Å². The lowest BCUT2D eigenvalue weighted by Crippen LogP contribution is -2.10. The smallest absolute Gasteiger partial charge is 0.139 e. The molecular weight excluding hydrogens is 415 g/mol. The summed E-state index contributed by atoms with van der Waals surface area (Å²) in [7, 11) is 0. The molecule has 4 rings (SSSR count). The Kier molecular flexibility index (Phi) is 6.44. The second-order valence-corrected chi connectivity index (χ2v) is 8.83. The van der Waals surface area contributed by atoms with Gasteiger partial charge in [-0.3, -0.25) is 0 Å². The first-order valence-electron chi connectivity index (χ1n) is 9.79. The zero-order valence-corrected chi connectivity index (χ0v) is 19.2. The van der Waals surface area contributed by atoms with Gasteiger partial charge in [0.15, 0.2) is 0 Å².